The second kappa shape index (κ2) is 7.50. The fourth-order valence-corrected chi connectivity index (χ4v) is 2.30. The molecule has 1 heterocycles. The molecular formula is C18H18N2O4. The van der Waals surface area contributed by atoms with Gasteiger partial charge in [-0.15, -0.1) is 0 Å². The van der Waals surface area contributed by atoms with E-state index in [0.29, 0.717) is 36.6 Å². The first kappa shape index (κ1) is 15.9. The van der Waals surface area contributed by atoms with Crippen molar-refractivity contribution in [1.82, 2.24) is 5.32 Å². The number of amides is 2. The number of carbonyl (C=O) groups is 2. The van der Waals surface area contributed by atoms with Gasteiger partial charge >= 0.3 is 0 Å². The lowest BCUT2D eigenvalue weighted by Crippen LogP contribution is -2.27. The maximum absolute atomic E-state index is 12.1. The summed E-state index contributed by atoms with van der Waals surface area (Å²) in [6, 6.07) is 14.5. The predicted molar refractivity (Wildman–Crippen MR) is 89.5 cm³/mol. The van der Waals surface area contributed by atoms with E-state index in [1.54, 1.807) is 18.2 Å². The van der Waals surface area contributed by atoms with Crippen LogP contribution >= 0.6 is 0 Å². The maximum Gasteiger partial charge on any atom is 0.262 e. The molecule has 24 heavy (non-hydrogen) atoms. The number of anilines is 1. The molecule has 124 valence electrons. The van der Waals surface area contributed by atoms with Gasteiger partial charge in [-0.25, -0.2) is 0 Å². The Kier molecular flexibility index (Phi) is 4.96. The Morgan fingerprint density at radius 2 is 2.04 bits per heavy atom. The van der Waals surface area contributed by atoms with Crippen molar-refractivity contribution in [2.24, 2.45) is 0 Å². The zero-order valence-electron chi connectivity index (χ0n) is 13.1. The molecule has 0 aliphatic carbocycles. The first-order valence-corrected chi connectivity index (χ1v) is 7.75. The largest absolute Gasteiger partial charge is 0.494 e. The molecule has 1 aliphatic rings. The van der Waals surface area contributed by atoms with Gasteiger partial charge in [0.2, 0.25) is 0 Å². The molecule has 2 aromatic rings. The van der Waals surface area contributed by atoms with Crippen molar-refractivity contribution in [3.05, 3.63) is 54.1 Å². The van der Waals surface area contributed by atoms with Crippen LogP contribution in [0.15, 0.2) is 48.5 Å². The van der Waals surface area contributed by atoms with Crippen LogP contribution in [0.2, 0.25) is 0 Å². The van der Waals surface area contributed by atoms with E-state index < -0.39 is 0 Å². The van der Waals surface area contributed by atoms with Crippen LogP contribution in [0.3, 0.4) is 0 Å². The number of rotatable bonds is 6. The van der Waals surface area contributed by atoms with Crippen molar-refractivity contribution >= 4 is 17.5 Å². The lowest BCUT2D eigenvalue weighted by atomic mass is 10.1. The smallest absolute Gasteiger partial charge is 0.262 e. The zero-order chi connectivity index (χ0) is 16.8. The summed E-state index contributed by atoms with van der Waals surface area (Å²) in [6.07, 6.45) is 0.706. The SMILES string of the molecule is O=C1COc2cc(C(=O)NCCCOc3ccccc3)ccc2N1. The molecule has 2 amide bonds. The lowest BCUT2D eigenvalue weighted by Gasteiger charge is -2.18. The number of hydrogen-bond acceptors (Lipinski definition) is 4. The molecule has 0 atom stereocenters. The topological polar surface area (TPSA) is 76.7 Å². The summed E-state index contributed by atoms with van der Waals surface area (Å²) in [7, 11) is 0. The van der Waals surface area contributed by atoms with Crippen LogP contribution in [0.5, 0.6) is 11.5 Å². The Labute approximate surface area is 139 Å². The average molecular weight is 326 g/mol. The number of carbonyl (C=O) groups excluding carboxylic acids is 2. The van der Waals surface area contributed by atoms with E-state index in [9.17, 15) is 9.59 Å². The standard InChI is InChI=1S/C18H18N2O4/c21-17-12-24-16-11-13(7-8-15(16)20-17)18(22)19-9-4-10-23-14-5-2-1-3-6-14/h1-3,5-8,11H,4,9-10,12H2,(H,19,22)(H,20,21). The summed E-state index contributed by atoms with van der Waals surface area (Å²) >= 11 is 0. The highest BCUT2D eigenvalue weighted by atomic mass is 16.5. The highest BCUT2D eigenvalue weighted by molar-refractivity contribution is 5.98. The first-order chi connectivity index (χ1) is 11.7. The van der Waals surface area contributed by atoms with Gasteiger partial charge < -0.3 is 20.1 Å². The summed E-state index contributed by atoms with van der Waals surface area (Å²) < 4.78 is 10.9. The van der Waals surface area contributed by atoms with Gasteiger partial charge in [-0.05, 0) is 36.8 Å². The molecule has 0 saturated heterocycles. The summed E-state index contributed by atoms with van der Waals surface area (Å²) in [5.74, 6) is 0.948. The third kappa shape index (κ3) is 4.04. The van der Waals surface area contributed by atoms with Gasteiger partial charge in [0.1, 0.15) is 11.5 Å². The Bertz CT molecular complexity index is 731. The van der Waals surface area contributed by atoms with Gasteiger partial charge in [-0.1, -0.05) is 18.2 Å². The molecule has 1 aliphatic heterocycles. The van der Waals surface area contributed by atoms with Crippen LogP contribution < -0.4 is 20.1 Å². The molecule has 0 saturated carbocycles. The van der Waals surface area contributed by atoms with Gasteiger partial charge in [0, 0.05) is 12.1 Å². The second-order valence-corrected chi connectivity index (χ2v) is 5.32. The van der Waals surface area contributed by atoms with E-state index in [1.165, 1.54) is 0 Å². The Hall–Kier alpha value is -3.02. The Morgan fingerprint density at radius 3 is 2.88 bits per heavy atom. The Morgan fingerprint density at radius 1 is 1.21 bits per heavy atom. The molecule has 0 aromatic heterocycles. The second-order valence-electron chi connectivity index (χ2n) is 5.32. The highest BCUT2D eigenvalue weighted by Crippen LogP contribution is 2.28. The van der Waals surface area contributed by atoms with Crippen LogP contribution in [0, 0.1) is 0 Å². The van der Waals surface area contributed by atoms with E-state index in [-0.39, 0.29) is 18.4 Å². The van der Waals surface area contributed by atoms with E-state index >= 15 is 0 Å². The molecule has 0 fully saturated rings. The van der Waals surface area contributed by atoms with Gasteiger partial charge in [0.05, 0.1) is 12.3 Å². The molecule has 0 unspecified atom stereocenters. The lowest BCUT2D eigenvalue weighted by molar-refractivity contribution is -0.118. The third-order valence-electron chi connectivity index (χ3n) is 3.50. The minimum Gasteiger partial charge on any atom is -0.494 e. The molecule has 0 spiro atoms. The molecule has 6 nitrogen and oxygen atoms in total. The average Bonchev–Trinajstić information content (AvgIpc) is 2.61. The number of fused-ring (bicyclic) bond motifs is 1. The van der Waals surface area contributed by atoms with Crippen LogP contribution in [0.4, 0.5) is 5.69 Å². The fraction of sp³-hybridized carbons (Fsp3) is 0.222. The van der Waals surface area contributed by atoms with Crippen LogP contribution in [0.1, 0.15) is 16.8 Å². The first-order valence-electron chi connectivity index (χ1n) is 7.75. The van der Waals surface area contributed by atoms with Gasteiger partial charge in [0.25, 0.3) is 11.8 Å². The monoisotopic (exact) mass is 326 g/mol. The summed E-state index contributed by atoms with van der Waals surface area (Å²) in [6.45, 7) is 1.01. The van der Waals surface area contributed by atoms with Crippen molar-refractivity contribution < 1.29 is 19.1 Å². The molecule has 0 radical (unpaired) electrons. The van der Waals surface area contributed by atoms with Crippen LogP contribution in [-0.4, -0.2) is 31.6 Å². The molecule has 6 heteroatoms. The van der Waals surface area contributed by atoms with Crippen molar-refractivity contribution in [1.29, 1.82) is 0 Å². The van der Waals surface area contributed by atoms with Crippen molar-refractivity contribution in [3.8, 4) is 11.5 Å². The van der Waals surface area contributed by atoms with Crippen molar-refractivity contribution in [2.45, 2.75) is 6.42 Å². The summed E-state index contributed by atoms with van der Waals surface area (Å²) in [5.41, 5.74) is 1.08. The molecular weight excluding hydrogens is 308 g/mol. The van der Waals surface area contributed by atoms with Gasteiger partial charge in [0.15, 0.2) is 6.61 Å². The van der Waals surface area contributed by atoms with Gasteiger partial charge in [-0.2, -0.15) is 0 Å². The predicted octanol–water partition coefficient (Wildman–Crippen LogP) is 2.22. The third-order valence-corrected chi connectivity index (χ3v) is 3.50. The summed E-state index contributed by atoms with van der Waals surface area (Å²) in [5, 5.41) is 5.53. The maximum atomic E-state index is 12.1. The van der Waals surface area contributed by atoms with E-state index in [2.05, 4.69) is 10.6 Å². The fourth-order valence-electron chi connectivity index (χ4n) is 2.30. The number of ether oxygens (including phenoxy) is 2. The molecule has 2 N–H and O–H groups in total. The normalized spacial score (nSPS) is 12.6. The van der Waals surface area contributed by atoms with Crippen LogP contribution in [0.25, 0.3) is 0 Å². The highest BCUT2D eigenvalue weighted by Gasteiger charge is 2.17. The number of hydrogen-bond donors (Lipinski definition) is 2. The number of para-hydroxylation sites is 1. The van der Waals surface area contributed by atoms with E-state index in [1.807, 2.05) is 30.3 Å². The van der Waals surface area contributed by atoms with Gasteiger partial charge in [-0.3, -0.25) is 9.59 Å². The minimum absolute atomic E-state index is 0.0328. The molecule has 0 bridgehead atoms. The molecule has 3 rings (SSSR count). The molecule has 2 aromatic carbocycles. The number of benzene rings is 2. The number of nitrogens with one attached hydrogen (secondary N) is 2. The van der Waals surface area contributed by atoms with E-state index in [0.717, 1.165) is 5.75 Å². The van der Waals surface area contributed by atoms with E-state index in [4.69, 9.17) is 9.47 Å². The zero-order valence-corrected chi connectivity index (χ0v) is 13.1. The Balaban J connectivity index is 1.44. The minimum atomic E-state index is -0.196. The van der Waals surface area contributed by atoms with Crippen LogP contribution in [-0.2, 0) is 4.79 Å². The van der Waals surface area contributed by atoms with Crippen molar-refractivity contribution in [3.63, 3.8) is 0 Å². The summed E-state index contributed by atoms with van der Waals surface area (Å²) in [4.78, 5) is 23.4. The van der Waals surface area contributed by atoms with Crippen molar-refractivity contribution in [2.75, 3.05) is 25.1 Å². The quantitative estimate of drug-likeness (QED) is 0.798.